The van der Waals surface area contributed by atoms with Crippen molar-refractivity contribution in [3.8, 4) is 0 Å². The minimum atomic E-state index is -0.103. The van der Waals surface area contributed by atoms with Gasteiger partial charge in [-0.05, 0) is 61.3 Å². The zero-order chi connectivity index (χ0) is 12.4. The molecule has 3 rings (SSSR count). The van der Waals surface area contributed by atoms with E-state index < -0.39 is 0 Å². The van der Waals surface area contributed by atoms with Crippen LogP contribution in [-0.2, 0) is 6.42 Å². The van der Waals surface area contributed by atoms with E-state index in [0.717, 1.165) is 6.42 Å². The molecule has 1 aliphatic heterocycles. The van der Waals surface area contributed by atoms with Crippen LogP contribution in [-0.4, -0.2) is 22.2 Å². The van der Waals surface area contributed by atoms with Gasteiger partial charge in [0.2, 0.25) is 0 Å². The van der Waals surface area contributed by atoms with E-state index in [9.17, 15) is 5.11 Å². The summed E-state index contributed by atoms with van der Waals surface area (Å²) in [7, 11) is 0. The molecule has 18 heavy (non-hydrogen) atoms. The lowest BCUT2D eigenvalue weighted by atomic mass is 9.79. The first kappa shape index (κ1) is 12.6. The van der Waals surface area contributed by atoms with Crippen molar-refractivity contribution < 1.29 is 5.11 Å². The third-order valence-corrected chi connectivity index (χ3v) is 5.92. The molecule has 2 heteroatoms. The molecule has 0 aromatic heterocycles. The lowest BCUT2D eigenvalue weighted by Crippen LogP contribution is -2.24. The Morgan fingerprint density at radius 1 is 1.22 bits per heavy atom. The predicted octanol–water partition coefficient (Wildman–Crippen LogP) is 3.75. The Balaban J connectivity index is 1.70. The van der Waals surface area contributed by atoms with Crippen LogP contribution >= 0.6 is 11.8 Å². The van der Waals surface area contributed by atoms with Gasteiger partial charge in [0, 0.05) is 5.25 Å². The molecule has 1 N–H and O–H groups in total. The number of thioether (sulfide) groups is 1. The number of fused-ring (bicyclic) bond motifs is 1. The highest BCUT2D eigenvalue weighted by atomic mass is 32.2. The second-order valence-corrected chi connectivity index (χ2v) is 6.99. The molecule has 98 valence electrons. The van der Waals surface area contributed by atoms with Gasteiger partial charge in [0.1, 0.15) is 0 Å². The molecule has 1 aromatic rings. The Morgan fingerprint density at radius 2 is 2.11 bits per heavy atom. The Labute approximate surface area is 114 Å². The molecule has 0 bridgehead atoms. The summed E-state index contributed by atoms with van der Waals surface area (Å²) >= 11 is 1.97. The highest BCUT2D eigenvalue weighted by molar-refractivity contribution is 8.00. The molecule has 1 fully saturated rings. The Bertz CT molecular complexity index is 398. The van der Waals surface area contributed by atoms with Crippen LogP contribution < -0.4 is 0 Å². The monoisotopic (exact) mass is 262 g/mol. The maximum absolute atomic E-state index is 10.4. The average Bonchev–Trinajstić information content (AvgIpc) is 2.93. The second-order valence-electron chi connectivity index (χ2n) is 5.64. The molecule has 1 heterocycles. The van der Waals surface area contributed by atoms with Crippen molar-refractivity contribution in [1.82, 2.24) is 0 Å². The molecule has 1 nitrogen and oxygen atoms in total. The van der Waals surface area contributed by atoms with E-state index >= 15 is 0 Å². The number of hydrogen-bond acceptors (Lipinski definition) is 2. The van der Waals surface area contributed by atoms with E-state index in [4.69, 9.17) is 0 Å². The number of hydrogen-bond donors (Lipinski definition) is 1. The molecule has 3 unspecified atom stereocenters. The third kappa shape index (κ3) is 2.60. The van der Waals surface area contributed by atoms with Gasteiger partial charge in [-0.3, -0.25) is 0 Å². The molecule has 0 radical (unpaired) electrons. The molecule has 3 atom stereocenters. The lowest BCUT2D eigenvalue weighted by molar-refractivity contribution is 0.147. The standard InChI is InChI=1S/C16H22OS/c17-15(16-9-4-10-18-16)11-13-7-3-6-12-5-1-2-8-14(12)13/h1-2,5,8,13,15-17H,3-4,6-7,9-11H2. The summed E-state index contributed by atoms with van der Waals surface area (Å²) in [6, 6.07) is 8.82. The van der Waals surface area contributed by atoms with Crippen LogP contribution in [0.15, 0.2) is 24.3 Å². The molecule has 0 spiro atoms. The van der Waals surface area contributed by atoms with Crippen LogP contribution in [0.3, 0.4) is 0 Å². The van der Waals surface area contributed by atoms with E-state index in [2.05, 4.69) is 24.3 Å². The van der Waals surface area contributed by atoms with Gasteiger partial charge < -0.3 is 5.11 Å². The first-order chi connectivity index (χ1) is 8.84. The van der Waals surface area contributed by atoms with Gasteiger partial charge in [0.15, 0.2) is 0 Å². The Kier molecular flexibility index (Phi) is 3.95. The van der Waals surface area contributed by atoms with E-state index in [1.54, 1.807) is 0 Å². The average molecular weight is 262 g/mol. The van der Waals surface area contributed by atoms with Crippen LogP contribution in [0.25, 0.3) is 0 Å². The number of aliphatic hydroxyl groups excluding tert-OH is 1. The summed E-state index contributed by atoms with van der Waals surface area (Å²) < 4.78 is 0. The van der Waals surface area contributed by atoms with Gasteiger partial charge in [-0.15, -0.1) is 0 Å². The van der Waals surface area contributed by atoms with Crippen LogP contribution in [0, 0.1) is 0 Å². The van der Waals surface area contributed by atoms with Crippen LogP contribution in [0.1, 0.15) is 49.1 Å². The number of benzene rings is 1. The van der Waals surface area contributed by atoms with Crippen LogP contribution in [0.2, 0.25) is 0 Å². The SMILES string of the molecule is OC(CC1CCCc2ccccc21)C1CCCS1. The molecule has 1 aliphatic carbocycles. The lowest BCUT2D eigenvalue weighted by Gasteiger charge is -2.29. The molecule has 1 saturated heterocycles. The molecule has 2 aliphatic rings. The normalized spacial score (nSPS) is 28.9. The van der Waals surface area contributed by atoms with Crippen molar-refractivity contribution in [2.45, 2.75) is 55.8 Å². The van der Waals surface area contributed by atoms with Gasteiger partial charge >= 0.3 is 0 Å². The number of aliphatic hydroxyl groups is 1. The zero-order valence-electron chi connectivity index (χ0n) is 10.8. The Morgan fingerprint density at radius 3 is 2.94 bits per heavy atom. The summed E-state index contributed by atoms with van der Waals surface area (Å²) in [5, 5.41) is 10.9. The van der Waals surface area contributed by atoms with E-state index in [1.807, 2.05) is 11.8 Å². The molecular weight excluding hydrogens is 240 g/mol. The number of rotatable bonds is 3. The maximum atomic E-state index is 10.4. The summed E-state index contributed by atoms with van der Waals surface area (Å²) in [5.74, 6) is 1.83. The molecule has 1 aromatic carbocycles. The first-order valence-corrected chi connectivity index (χ1v) is 8.27. The van der Waals surface area contributed by atoms with Crippen molar-refractivity contribution in [1.29, 1.82) is 0 Å². The van der Waals surface area contributed by atoms with Gasteiger partial charge in [0.25, 0.3) is 0 Å². The van der Waals surface area contributed by atoms with Crippen LogP contribution in [0.4, 0.5) is 0 Å². The van der Waals surface area contributed by atoms with Crippen molar-refractivity contribution in [3.05, 3.63) is 35.4 Å². The smallest absolute Gasteiger partial charge is 0.0664 e. The van der Waals surface area contributed by atoms with E-state index in [0.29, 0.717) is 11.2 Å². The van der Waals surface area contributed by atoms with Gasteiger partial charge in [-0.2, -0.15) is 11.8 Å². The largest absolute Gasteiger partial charge is 0.392 e. The van der Waals surface area contributed by atoms with Gasteiger partial charge in [-0.1, -0.05) is 24.3 Å². The van der Waals surface area contributed by atoms with Crippen molar-refractivity contribution in [2.24, 2.45) is 0 Å². The summed E-state index contributed by atoms with van der Waals surface area (Å²) in [6.07, 6.45) is 7.12. The fourth-order valence-electron chi connectivity index (χ4n) is 3.45. The summed E-state index contributed by atoms with van der Waals surface area (Å²) in [4.78, 5) is 0. The highest BCUT2D eigenvalue weighted by Crippen LogP contribution is 2.38. The van der Waals surface area contributed by atoms with Gasteiger partial charge in [0.05, 0.1) is 6.10 Å². The fraction of sp³-hybridized carbons (Fsp3) is 0.625. The van der Waals surface area contributed by atoms with E-state index in [-0.39, 0.29) is 6.10 Å². The zero-order valence-corrected chi connectivity index (χ0v) is 11.7. The van der Waals surface area contributed by atoms with E-state index in [1.165, 1.54) is 49.0 Å². The van der Waals surface area contributed by atoms with Crippen molar-refractivity contribution in [2.75, 3.05) is 5.75 Å². The minimum absolute atomic E-state index is 0.103. The topological polar surface area (TPSA) is 20.2 Å². The molecule has 0 saturated carbocycles. The quantitative estimate of drug-likeness (QED) is 0.895. The fourth-order valence-corrected chi connectivity index (χ4v) is 4.75. The first-order valence-electron chi connectivity index (χ1n) is 7.22. The number of aryl methyl sites for hydroxylation is 1. The van der Waals surface area contributed by atoms with Gasteiger partial charge in [-0.25, -0.2) is 0 Å². The second kappa shape index (κ2) is 5.66. The predicted molar refractivity (Wildman–Crippen MR) is 78.2 cm³/mol. The Hall–Kier alpha value is -0.470. The van der Waals surface area contributed by atoms with Crippen LogP contribution in [0.5, 0.6) is 0 Å². The van der Waals surface area contributed by atoms with Crippen molar-refractivity contribution >= 4 is 11.8 Å². The summed E-state index contributed by atoms with van der Waals surface area (Å²) in [5.41, 5.74) is 3.02. The minimum Gasteiger partial charge on any atom is -0.392 e. The highest BCUT2D eigenvalue weighted by Gasteiger charge is 2.28. The van der Waals surface area contributed by atoms with Crippen molar-refractivity contribution in [3.63, 3.8) is 0 Å². The molecule has 0 amide bonds. The third-order valence-electron chi connectivity index (χ3n) is 4.41. The maximum Gasteiger partial charge on any atom is 0.0664 e. The summed E-state index contributed by atoms with van der Waals surface area (Å²) in [6.45, 7) is 0. The molecular formula is C16H22OS.